The average molecular weight is 422 g/mol. The molecule has 31 heavy (non-hydrogen) atoms. The van der Waals surface area contributed by atoms with Crippen LogP contribution in [0.5, 0.6) is 5.75 Å². The van der Waals surface area contributed by atoms with Crippen LogP contribution in [0.15, 0.2) is 48.0 Å². The van der Waals surface area contributed by atoms with Gasteiger partial charge >= 0.3 is 0 Å². The quantitative estimate of drug-likeness (QED) is 0.413. The van der Waals surface area contributed by atoms with Crippen molar-refractivity contribution in [1.82, 2.24) is 4.90 Å². The van der Waals surface area contributed by atoms with Crippen LogP contribution in [-0.2, 0) is 15.0 Å². The Bertz CT molecular complexity index is 1050. The molecule has 1 aliphatic rings. The molecule has 0 aliphatic carbocycles. The van der Waals surface area contributed by atoms with Crippen molar-refractivity contribution in [2.75, 3.05) is 13.7 Å². The molecule has 0 bridgehead atoms. The van der Waals surface area contributed by atoms with E-state index in [1.165, 1.54) is 0 Å². The summed E-state index contributed by atoms with van der Waals surface area (Å²) in [6.07, 6.45) is 0.714. The second-order valence-electron chi connectivity index (χ2n) is 9.07. The van der Waals surface area contributed by atoms with Gasteiger partial charge in [-0.3, -0.25) is 9.59 Å². The molecule has 1 saturated heterocycles. The smallest absolute Gasteiger partial charge is 0.295 e. The van der Waals surface area contributed by atoms with E-state index in [0.717, 1.165) is 16.7 Å². The van der Waals surface area contributed by atoms with Gasteiger partial charge in [-0.05, 0) is 42.5 Å². The number of aliphatic hydroxyl groups excluding tert-OH is 1. The number of carbonyl (C=O) groups excluding carboxylic acids is 2. The fourth-order valence-electron chi connectivity index (χ4n) is 4.14. The number of amides is 1. The van der Waals surface area contributed by atoms with Crippen molar-refractivity contribution >= 4 is 17.4 Å². The van der Waals surface area contributed by atoms with Gasteiger partial charge in [-0.2, -0.15) is 0 Å². The second-order valence-corrected chi connectivity index (χ2v) is 9.07. The Hall–Kier alpha value is -3.08. The van der Waals surface area contributed by atoms with Gasteiger partial charge in [0.1, 0.15) is 11.5 Å². The van der Waals surface area contributed by atoms with Crippen LogP contribution < -0.4 is 4.74 Å². The van der Waals surface area contributed by atoms with Gasteiger partial charge in [-0.1, -0.05) is 57.5 Å². The highest BCUT2D eigenvalue weighted by molar-refractivity contribution is 6.46. The number of methoxy groups -OCH3 is 1. The monoisotopic (exact) mass is 421 g/mol. The third-order valence-electron chi connectivity index (χ3n) is 5.64. The van der Waals surface area contributed by atoms with Gasteiger partial charge in [0.05, 0.1) is 18.7 Å². The summed E-state index contributed by atoms with van der Waals surface area (Å²) < 4.78 is 5.50. The third kappa shape index (κ3) is 4.22. The normalized spacial score (nSPS) is 18.5. The van der Waals surface area contributed by atoms with Crippen molar-refractivity contribution in [3.63, 3.8) is 0 Å². The predicted octanol–water partition coefficient (Wildman–Crippen LogP) is 5.13. The lowest BCUT2D eigenvalue weighted by Gasteiger charge is -2.26. The van der Waals surface area contributed by atoms with Gasteiger partial charge in [-0.25, -0.2) is 0 Å². The average Bonchev–Trinajstić information content (AvgIpc) is 2.97. The first kappa shape index (κ1) is 22.6. The maximum Gasteiger partial charge on any atom is 0.295 e. The molecule has 2 aromatic rings. The molecule has 1 unspecified atom stereocenters. The first-order valence-electron chi connectivity index (χ1n) is 10.6. The minimum atomic E-state index is -0.648. The van der Waals surface area contributed by atoms with Gasteiger partial charge in [0, 0.05) is 17.7 Å². The van der Waals surface area contributed by atoms with Crippen LogP contribution in [-0.4, -0.2) is 35.4 Å². The van der Waals surface area contributed by atoms with Gasteiger partial charge in [0.15, 0.2) is 0 Å². The molecule has 1 fully saturated rings. The lowest BCUT2D eigenvalue weighted by molar-refractivity contribution is -0.139. The maximum atomic E-state index is 13.0. The molecule has 3 rings (SSSR count). The molecule has 5 nitrogen and oxygen atoms in total. The van der Waals surface area contributed by atoms with Crippen molar-refractivity contribution in [2.24, 2.45) is 0 Å². The third-order valence-corrected chi connectivity index (χ3v) is 5.64. The molecule has 0 saturated carbocycles. The summed E-state index contributed by atoms with van der Waals surface area (Å²) in [6, 6.07) is 12.5. The Labute approximate surface area is 184 Å². The largest absolute Gasteiger partial charge is 0.507 e. The number of ether oxygens (including phenoxy) is 1. The van der Waals surface area contributed by atoms with E-state index in [0.29, 0.717) is 24.3 Å². The van der Waals surface area contributed by atoms with Crippen LogP contribution in [0, 0.1) is 6.92 Å². The minimum absolute atomic E-state index is 0.133. The molecule has 0 aromatic heterocycles. The van der Waals surface area contributed by atoms with Gasteiger partial charge in [-0.15, -0.1) is 0 Å². The number of Topliss-reactive ketones (excluding diaryl/α,β-unsaturated/α-hetero) is 1. The predicted molar refractivity (Wildman–Crippen MR) is 122 cm³/mol. The van der Waals surface area contributed by atoms with Crippen LogP contribution in [0.2, 0.25) is 0 Å². The van der Waals surface area contributed by atoms with Crippen molar-refractivity contribution in [3.05, 3.63) is 70.3 Å². The molecule has 1 atom stereocenters. The molecule has 164 valence electrons. The van der Waals surface area contributed by atoms with E-state index in [1.54, 1.807) is 24.1 Å². The number of rotatable bonds is 5. The highest BCUT2D eigenvalue weighted by Gasteiger charge is 2.45. The number of nitrogens with zero attached hydrogens (tertiary/aromatic N) is 1. The highest BCUT2D eigenvalue weighted by Crippen LogP contribution is 2.41. The van der Waals surface area contributed by atoms with E-state index in [4.69, 9.17) is 4.74 Å². The number of hydrogen-bond acceptors (Lipinski definition) is 4. The zero-order valence-electron chi connectivity index (χ0n) is 19.2. The Kier molecular flexibility index (Phi) is 6.25. The summed E-state index contributed by atoms with van der Waals surface area (Å²) in [5, 5.41) is 11.3. The first-order valence-corrected chi connectivity index (χ1v) is 10.6. The molecular formula is C26H31NO4. The molecule has 1 aliphatic heterocycles. The standard InChI is InChI=1S/C26H31NO4/c1-7-13-27-22(17-10-8-9-16(2)14-17)21(24(29)25(27)30)23(28)18-11-12-20(31-6)19(15-18)26(3,4)5/h8-12,14-15,22,28H,7,13H2,1-6H3/b23-21-. The molecule has 0 radical (unpaired) electrons. The lowest BCUT2D eigenvalue weighted by Crippen LogP contribution is -2.30. The van der Waals surface area contributed by atoms with Gasteiger partial charge in [0.2, 0.25) is 0 Å². The highest BCUT2D eigenvalue weighted by atomic mass is 16.5. The Morgan fingerprint density at radius 1 is 1.13 bits per heavy atom. The number of hydrogen-bond donors (Lipinski definition) is 1. The fourth-order valence-corrected chi connectivity index (χ4v) is 4.14. The molecule has 1 heterocycles. The van der Waals surface area contributed by atoms with Crippen molar-refractivity contribution in [3.8, 4) is 5.75 Å². The van der Waals surface area contributed by atoms with E-state index >= 15 is 0 Å². The second kappa shape index (κ2) is 8.58. The van der Waals surface area contributed by atoms with E-state index in [-0.39, 0.29) is 16.7 Å². The molecule has 5 heteroatoms. The fraction of sp³-hybridized carbons (Fsp3) is 0.385. The zero-order chi connectivity index (χ0) is 22.9. The Morgan fingerprint density at radius 2 is 1.84 bits per heavy atom. The summed E-state index contributed by atoms with van der Waals surface area (Å²) in [4.78, 5) is 27.5. The lowest BCUT2D eigenvalue weighted by atomic mass is 9.84. The zero-order valence-corrected chi connectivity index (χ0v) is 19.2. The summed E-state index contributed by atoms with van der Waals surface area (Å²) in [5.41, 5.74) is 3.16. The molecule has 1 amide bonds. The molecule has 0 spiro atoms. The van der Waals surface area contributed by atoms with Crippen LogP contribution in [0.3, 0.4) is 0 Å². The first-order chi connectivity index (χ1) is 14.6. The number of carbonyl (C=O) groups is 2. The number of benzene rings is 2. The number of likely N-dealkylation sites (tertiary alicyclic amines) is 1. The van der Waals surface area contributed by atoms with E-state index < -0.39 is 17.7 Å². The minimum Gasteiger partial charge on any atom is -0.507 e. The van der Waals surface area contributed by atoms with E-state index in [9.17, 15) is 14.7 Å². The summed E-state index contributed by atoms with van der Waals surface area (Å²) in [5.74, 6) is -0.660. The summed E-state index contributed by atoms with van der Waals surface area (Å²) in [7, 11) is 1.61. The van der Waals surface area contributed by atoms with Crippen LogP contribution in [0.25, 0.3) is 5.76 Å². The SMILES string of the molecule is CCCN1C(=O)C(=O)/C(=C(\O)c2ccc(OC)c(C(C)(C)C)c2)C1c1cccc(C)c1. The van der Waals surface area contributed by atoms with Crippen LogP contribution in [0.4, 0.5) is 0 Å². The molecular weight excluding hydrogens is 390 g/mol. The van der Waals surface area contributed by atoms with E-state index in [2.05, 4.69) is 20.8 Å². The van der Waals surface area contributed by atoms with Crippen molar-refractivity contribution in [2.45, 2.75) is 52.5 Å². The number of ketones is 1. The Morgan fingerprint density at radius 3 is 2.42 bits per heavy atom. The van der Waals surface area contributed by atoms with Crippen LogP contribution >= 0.6 is 0 Å². The summed E-state index contributed by atoms with van der Waals surface area (Å²) in [6.45, 7) is 10.5. The van der Waals surface area contributed by atoms with Crippen LogP contribution in [0.1, 0.15) is 62.4 Å². The Balaban J connectivity index is 2.23. The van der Waals surface area contributed by atoms with Crippen molar-refractivity contribution in [1.29, 1.82) is 0 Å². The molecule has 1 N–H and O–H groups in total. The number of aryl methyl sites for hydroxylation is 1. The van der Waals surface area contributed by atoms with Gasteiger partial charge in [0.25, 0.3) is 11.7 Å². The summed E-state index contributed by atoms with van der Waals surface area (Å²) >= 11 is 0. The van der Waals surface area contributed by atoms with Crippen molar-refractivity contribution < 1.29 is 19.4 Å². The van der Waals surface area contributed by atoms with Gasteiger partial charge < -0.3 is 14.7 Å². The molecule has 2 aromatic carbocycles. The van der Waals surface area contributed by atoms with E-state index in [1.807, 2.05) is 44.2 Å². The number of aliphatic hydroxyl groups is 1. The maximum absolute atomic E-state index is 13.0. The topological polar surface area (TPSA) is 66.8 Å².